The number of aromatic nitrogens is 2. The molecule has 31 heavy (non-hydrogen) atoms. The fourth-order valence-electron chi connectivity index (χ4n) is 3.38. The van der Waals surface area contributed by atoms with Crippen LogP contribution in [0.2, 0.25) is 5.02 Å². The number of rotatable bonds is 6. The molecule has 0 aromatic carbocycles. The van der Waals surface area contributed by atoms with Gasteiger partial charge in [-0.2, -0.15) is 13.2 Å². The number of hydrogen-bond acceptors (Lipinski definition) is 4. The summed E-state index contributed by atoms with van der Waals surface area (Å²) in [6.07, 6.45) is -1.47. The van der Waals surface area contributed by atoms with Gasteiger partial charge in [0.15, 0.2) is 0 Å². The molecule has 0 unspecified atom stereocenters. The third-order valence-electron chi connectivity index (χ3n) is 4.71. The van der Waals surface area contributed by atoms with Crippen LogP contribution in [0.5, 0.6) is 0 Å². The molecule has 3 heterocycles. The molecule has 1 atom stereocenters. The van der Waals surface area contributed by atoms with Crippen LogP contribution in [0.15, 0.2) is 36.7 Å². The number of nitrogens with zero attached hydrogens (tertiary/aromatic N) is 4. The number of carbonyl (C=O) groups is 2. The highest BCUT2D eigenvalue weighted by atomic mass is 35.5. The van der Waals surface area contributed by atoms with Crippen LogP contribution < -0.4 is 10.2 Å². The zero-order valence-corrected chi connectivity index (χ0v) is 17.6. The van der Waals surface area contributed by atoms with E-state index in [2.05, 4.69) is 15.3 Å². The molecule has 0 aliphatic carbocycles. The Labute approximate surface area is 182 Å². The second kappa shape index (κ2) is 9.09. The van der Waals surface area contributed by atoms with Crippen molar-refractivity contribution in [3.63, 3.8) is 0 Å². The van der Waals surface area contributed by atoms with E-state index >= 15 is 0 Å². The molecule has 1 aliphatic heterocycles. The van der Waals surface area contributed by atoms with Crippen LogP contribution in [0.25, 0.3) is 0 Å². The normalized spacial score (nSPS) is 16.9. The van der Waals surface area contributed by atoms with Gasteiger partial charge >= 0.3 is 12.2 Å². The molecular formula is C20H21ClF3N5O2. The summed E-state index contributed by atoms with van der Waals surface area (Å²) in [6, 6.07) is 4.33. The predicted molar refractivity (Wildman–Crippen MR) is 110 cm³/mol. The van der Waals surface area contributed by atoms with Crippen molar-refractivity contribution in [1.82, 2.24) is 14.9 Å². The predicted octanol–water partition coefficient (Wildman–Crippen LogP) is 4.44. The lowest BCUT2D eigenvalue weighted by Gasteiger charge is -2.23. The molecule has 2 aromatic heterocycles. The summed E-state index contributed by atoms with van der Waals surface area (Å²) in [6.45, 7) is 3.99. The molecule has 0 saturated carbocycles. The average molecular weight is 456 g/mol. The van der Waals surface area contributed by atoms with E-state index in [1.54, 1.807) is 6.07 Å². The van der Waals surface area contributed by atoms with Crippen LogP contribution in [0.3, 0.4) is 0 Å². The van der Waals surface area contributed by atoms with E-state index in [0.29, 0.717) is 11.4 Å². The van der Waals surface area contributed by atoms with Crippen molar-refractivity contribution in [2.45, 2.75) is 32.5 Å². The quantitative estimate of drug-likeness (QED) is 0.698. The van der Waals surface area contributed by atoms with E-state index in [4.69, 9.17) is 11.6 Å². The van der Waals surface area contributed by atoms with Gasteiger partial charge in [0, 0.05) is 17.8 Å². The van der Waals surface area contributed by atoms with Gasteiger partial charge in [-0.15, -0.1) is 0 Å². The summed E-state index contributed by atoms with van der Waals surface area (Å²) in [5, 5.41) is 3.00. The lowest BCUT2D eigenvalue weighted by atomic mass is 10.0. The molecular weight excluding hydrogens is 435 g/mol. The summed E-state index contributed by atoms with van der Waals surface area (Å²) in [5.74, 6) is 0.0428. The maximum absolute atomic E-state index is 13.0. The van der Waals surface area contributed by atoms with Gasteiger partial charge in [-0.3, -0.25) is 9.69 Å². The van der Waals surface area contributed by atoms with Crippen LogP contribution in [-0.4, -0.2) is 45.9 Å². The first-order chi connectivity index (χ1) is 14.5. The Balaban J connectivity index is 1.76. The molecule has 1 saturated heterocycles. The van der Waals surface area contributed by atoms with E-state index in [1.165, 1.54) is 28.1 Å². The third kappa shape index (κ3) is 5.63. The SMILES string of the molecule is CC(C)C[C@H]1CN(c2ccc(C(F)(F)F)nc2)C(=O)N1CC(=O)Nc1cc(Cl)ccn1. The lowest BCUT2D eigenvalue weighted by molar-refractivity contribution is -0.141. The van der Waals surface area contributed by atoms with Crippen molar-refractivity contribution in [1.29, 1.82) is 0 Å². The van der Waals surface area contributed by atoms with Crippen molar-refractivity contribution in [3.8, 4) is 0 Å². The van der Waals surface area contributed by atoms with Gasteiger partial charge in [-0.25, -0.2) is 14.8 Å². The third-order valence-corrected chi connectivity index (χ3v) is 4.94. The molecule has 0 spiro atoms. The number of carbonyl (C=O) groups excluding carboxylic acids is 2. The van der Waals surface area contributed by atoms with E-state index in [0.717, 1.165) is 12.3 Å². The number of hydrogen-bond donors (Lipinski definition) is 1. The molecule has 3 amide bonds. The van der Waals surface area contributed by atoms with E-state index in [1.807, 2.05) is 13.8 Å². The van der Waals surface area contributed by atoms with Crippen molar-refractivity contribution >= 4 is 35.0 Å². The molecule has 1 N–H and O–H groups in total. The van der Waals surface area contributed by atoms with Crippen LogP contribution in [-0.2, 0) is 11.0 Å². The molecule has 0 bridgehead atoms. The zero-order chi connectivity index (χ0) is 22.8. The highest BCUT2D eigenvalue weighted by Gasteiger charge is 2.40. The van der Waals surface area contributed by atoms with Gasteiger partial charge in [-0.05, 0) is 36.6 Å². The van der Waals surface area contributed by atoms with Crippen molar-refractivity contribution in [2.24, 2.45) is 5.92 Å². The molecule has 1 aliphatic rings. The van der Waals surface area contributed by atoms with Crippen LogP contribution in [0, 0.1) is 5.92 Å². The van der Waals surface area contributed by atoms with E-state index in [-0.39, 0.29) is 36.6 Å². The monoisotopic (exact) mass is 455 g/mol. The number of halogens is 4. The number of urea groups is 1. The zero-order valence-electron chi connectivity index (χ0n) is 16.9. The fourth-order valence-corrected chi connectivity index (χ4v) is 3.54. The summed E-state index contributed by atoms with van der Waals surface area (Å²) >= 11 is 5.89. The summed E-state index contributed by atoms with van der Waals surface area (Å²) in [5.41, 5.74) is -0.793. The molecule has 0 radical (unpaired) electrons. The van der Waals surface area contributed by atoms with Crippen LogP contribution >= 0.6 is 11.6 Å². The van der Waals surface area contributed by atoms with Gasteiger partial charge in [-0.1, -0.05) is 25.4 Å². The highest BCUT2D eigenvalue weighted by Crippen LogP contribution is 2.31. The summed E-state index contributed by atoms with van der Waals surface area (Å²) in [7, 11) is 0. The second-order valence-electron chi connectivity index (χ2n) is 7.61. The average Bonchev–Trinajstić information content (AvgIpc) is 2.96. The number of alkyl halides is 3. The molecule has 11 heteroatoms. The largest absolute Gasteiger partial charge is 0.433 e. The Bertz CT molecular complexity index is 953. The van der Waals surface area contributed by atoms with Crippen LogP contribution in [0.1, 0.15) is 26.0 Å². The minimum absolute atomic E-state index is 0.227. The maximum atomic E-state index is 13.0. The molecule has 1 fully saturated rings. The highest BCUT2D eigenvalue weighted by molar-refractivity contribution is 6.30. The standard InChI is InChI=1S/C20H21ClF3N5O2/c1-12(2)7-15-10-28(14-3-4-16(26-9-14)20(22,23)24)19(31)29(15)11-18(30)27-17-8-13(21)5-6-25-17/h3-6,8-9,12,15H,7,10-11H2,1-2H3,(H,25,27,30)/t15-/m0/s1. The summed E-state index contributed by atoms with van der Waals surface area (Å²) in [4.78, 5) is 35.7. The maximum Gasteiger partial charge on any atom is 0.433 e. The van der Waals surface area contributed by atoms with Crippen molar-refractivity contribution in [2.75, 3.05) is 23.3 Å². The number of nitrogens with one attached hydrogen (secondary N) is 1. The van der Waals surface area contributed by atoms with Gasteiger partial charge in [0.25, 0.3) is 0 Å². The topological polar surface area (TPSA) is 78.4 Å². The number of amides is 3. The summed E-state index contributed by atoms with van der Waals surface area (Å²) < 4.78 is 38.3. The smallest absolute Gasteiger partial charge is 0.310 e. The molecule has 3 rings (SSSR count). The number of pyridine rings is 2. The van der Waals surface area contributed by atoms with Crippen molar-refractivity contribution < 1.29 is 22.8 Å². The first-order valence-electron chi connectivity index (χ1n) is 9.57. The first-order valence-corrected chi connectivity index (χ1v) is 9.95. The Morgan fingerprint density at radius 2 is 2.03 bits per heavy atom. The van der Waals surface area contributed by atoms with Gasteiger partial charge in [0.1, 0.15) is 18.1 Å². The second-order valence-corrected chi connectivity index (χ2v) is 8.05. The van der Waals surface area contributed by atoms with Gasteiger partial charge in [0.2, 0.25) is 5.91 Å². The number of anilines is 2. The Morgan fingerprint density at radius 3 is 2.61 bits per heavy atom. The fraction of sp³-hybridized carbons (Fsp3) is 0.400. The Hall–Kier alpha value is -2.88. The molecule has 2 aromatic rings. The molecule has 166 valence electrons. The van der Waals surface area contributed by atoms with E-state index < -0.39 is 23.8 Å². The Kier molecular flexibility index (Phi) is 6.68. The van der Waals surface area contributed by atoms with Gasteiger partial charge < -0.3 is 10.2 Å². The van der Waals surface area contributed by atoms with Crippen molar-refractivity contribution in [3.05, 3.63) is 47.4 Å². The minimum Gasteiger partial charge on any atom is -0.310 e. The first kappa shape index (κ1) is 22.8. The lowest BCUT2D eigenvalue weighted by Crippen LogP contribution is -2.41. The molecule has 7 nitrogen and oxygen atoms in total. The Morgan fingerprint density at radius 1 is 1.29 bits per heavy atom. The van der Waals surface area contributed by atoms with Gasteiger partial charge in [0.05, 0.1) is 17.9 Å². The van der Waals surface area contributed by atoms with E-state index in [9.17, 15) is 22.8 Å². The van der Waals surface area contributed by atoms with Crippen LogP contribution in [0.4, 0.5) is 29.5 Å². The minimum atomic E-state index is -4.56.